The minimum atomic E-state index is -3.44. The van der Waals surface area contributed by atoms with Crippen LogP contribution in [0, 0.1) is 12.8 Å². The lowest BCUT2D eigenvalue weighted by Crippen LogP contribution is -2.09. The Bertz CT molecular complexity index is 454. The van der Waals surface area contributed by atoms with Crippen molar-refractivity contribution in [3.05, 3.63) is 35.4 Å². The quantitative estimate of drug-likeness (QED) is 0.800. The van der Waals surface area contributed by atoms with Crippen molar-refractivity contribution in [2.75, 3.05) is 12.8 Å². The molecule has 2 unspecified atom stereocenters. The minimum Gasteiger partial charge on any atom is -0.324 e. The monoisotopic (exact) mass is 268 g/mol. The molecule has 2 rings (SSSR count). The van der Waals surface area contributed by atoms with Crippen molar-refractivity contribution in [1.82, 2.24) is 0 Å². The van der Waals surface area contributed by atoms with E-state index >= 15 is 0 Å². The van der Waals surface area contributed by atoms with Gasteiger partial charge in [-0.1, -0.05) is 29.8 Å². The third-order valence-electron chi connectivity index (χ3n) is 3.42. The van der Waals surface area contributed by atoms with Crippen molar-refractivity contribution in [3.63, 3.8) is 0 Å². The van der Waals surface area contributed by atoms with Crippen LogP contribution in [0.25, 0.3) is 0 Å². The molecule has 0 bridgehead atoms. The van der Waals surface area contributed by atoms with Crippen LogP contribution < -0.4 is 0 Å². The van der Waals surface area contributed by atoms with E-state index in [1.165, 1.54) is 11.1 Å². The van der Waals surface area contributed by atoms with Gasteiger partial charge in [-0.2, -0.15) is 0 Å². The average Bonchev–Trinajstić information content (AvgIpc) is 3.09. The Morgan fingerprint density at radius 3 is 2.78 bits per heavy atom. The minimum absolute atomic E-state index is 0.160. The summed E-state index contributed by atoms with van der Waals surface area (Å²) < 4.78 is 16.9. The lowest BCUT2D eigenvalue weighted by molar-refractivity contribution is 0.270. The first-order valence-electron chi connectivity index (χ1n) is 6.55. The molecule has 1 aromatic rings. The zero-order valence-electron chi connectivity index (χ0n) is 11.0. The molecule has 0 aliphatic heterocycles. The molecule has 1 fully saturated rings. The molecule has 0 amide bonds. The molecule has 4 heteroatoms. The lowest BCUT2D eigenvalue weighted by atomic mass is 9.95. The van der Waals surface area contributed by atoms with Gasteiger partial charge in [-0.15, -0.1) is 0 Å². The Balaban J connectivity index is 2.16. The van der Waals surface area contributed by atoms with Crippen LogP contribution in [-0.4, -0.2) is 17.7 Å². The summed E-state index contributed by atoms with van der Waals surface area (Å²) in [6, 6.07) is 8.24. The summed E-state index contributed by atoms with van der Waals surface area (Å²) in [5.74, 6) is 0.708. The van der Waals surface area contributed by atoms with Crippen LogP contribution >= 0.6 is 7.60 Å². The molecule has 18 heavy (non-hydrogen) atoms. The largest absolute Gasteiger partial charge is 0.328 e. The van der Waals surface area contributed by atoms with E-state index in [1.807, 2.05) is 6.07 Å². The van der Waals surface area contributed by atoms with Crippen molar-refractivity contribution >= 4 is 7.60 Å². The van der Waals surface area contributed by atoms with E-state index in [9.17, 15) is 9.46 Å². The highest BCUT2D eigenvalue weighted by atomic mass is 31.2. The Morgan fingerprint density at radius 1 is 1.50 bits per heavy atom. The second-order valence-electron chi connectivity index (χ2n) is 5.10. The number of aryl methyl sites for hydroxylation is 1. The molecule has 1 saturated carbocycles. The third-order valence-corrected chi connectivity index (χ3v) is 4.94. The van der Waals surface area contributed by atoms with Crippen LogP contribution in [0.4, 0.5) is 0 Å². The first kappa shape index (κ1) is 13.8. The molecule has 0 spiro atoms. The summed E-state index contributed by atoms with van der Waals surface area (Å²) in [4.78, 5) is 9.83. The molecule has 1 aliphatic rings. The molecule has 1 aromatic carbocycles. The maximum atomic E-state index is 11.9. The van der Waals surface area contributed by atoms with E-state index in [0.717, 1.165) is 12.8 Å². The van der Waals surface area contributed by atoms with Crippen LogP contribution in [0.3, 0.4) is 0 Å². The molecular formula is C14H21O3P. The molecule has 1 aliphatic carbocycles. The maximum absolute atomic E-state index is 11.9. The zero-order chi connectivity index (χ0) is 13.2. The van der Waals surface area contributed by atoms with E-state index in [1.54, 1.807) is 6.92 Å². The summed E-state index contributed by atoms with van der Waals surface area (Å²) in [6.45, 7) is 4.09. The van der Waals surface area contributed by atoms with Gasteiger partial charge in [0.05, 0.1) is 12.8 Å². The van der Waals surface area contributed by atoms with Crippen molar-refractivity contribution in [1.29, 1.82) is 0 Å². The Morgan fingerprint density at radius 2 is 2.22 bits per heavy atom. The van der Waals surface area contributed by atoms with Gasteiger partial charge >= 0.3 is 7.60 Å². The fourth-order valence-electron chi connectivity index (χ4n) is 2.43. The van der Waals surface area contributed by atoms with Gasteiger partial charge in [-0.25, -0.2) is 0 Å². The smallest absolute Gasteiger partial charge is 0.324 e. The summed E-state index contributed by atoms with van der Waals surface area (Å²) >= 11 is 0. The van der Waals surface area contributed by atoms with Gasteiger partial charge in [-0.3, -0.25) is 4.57 Å². The standard InChI is InChI=1S/C14H21O3P/c1-3-17-18(15,16)10-14(12-7-8-12)13-6-4-5-11(2)9-13/h4-6,9,12,14H,3,7-8,10H2,1-2H3,(H,15,16). The van der Waals surface area contributed by atoms with Crippen LogP contribution in [0.15, 0.2) is 24.3 Å². The molecule has 3 nitrogen and oxygen atoms in total. The van der Waals surface area contributed by atoms with Crippen LogP contribution in [0.2, 0.25) is 0 Å². The van der Waals surface area contributed by atoms with E-state index in [2.05, 4.69) is 25.1 Å². The lowest BCUT2D eigenvalue weighted by Gasteiger charge is -2.20. The third kappa shape index (κ3) is 3.68. The molecular weight excluding hydrogens is 247 g/mol. The van der Waals surface area contributed by atoms with E-state index in [-0.39, 0.29) is 12.1 Å². The van der Waals surface area contributed by atoms with Gasteiger partial charge in [0.2, 0.25) is 0 Å². The van der Waals surface area contributed by atoms with Gasteiger partial charge < -0.3 is 9.42 Å². The number of rotatable bonds is 6. The van der Waals surface area contributed by atoms with Crippen LogP contribution in [0.5, 0.6) is 0 Å². The highest BCUT2D eigenvalue weighted by Crippen LogP contribution is 2.52. The molecule has 0 radical (unpaired) electrons. The summed E-state index contributed by atoms with van der Waals surface area (Å²) in [7, 11) is -3.44. The maximum Gasteiger partial charge on any atom is 0.328 e. The fourth-order valence-corrected chi connectivity index (χ4v) is 3.94. The Kier molecular flexibility index (Phi) is 4.26. The highest BCUT2D eigenvalue weighted by Gasteiger charge is 2.37. The molecule has 0 saturated heterocycles. The van der Waals surface area contributed by atoms with Crippen molar-refractivity contribution in [3.8, 4) is 0 Å². The fraction of sp³-hybridized carbons (Fsp3) is 0.571. The van der Waals surface area contributed by atoms with E-state index < -0.39 is 7.60 Å². The Hall–Kier alpha value is -0.630. The SMILES string of the molecule is CCOP(=O)(O)CC(c1cccc(C)c1)C1CC1. The summed E-state index contributed by atoms with van der Waals surface area (Å²) in [5, 5.41) is 0. The topological polar surface area (TPSA) is 46.5 Å². The van der Waals surface area contributed by atoms with Crippen molar-refractivity contribution < 1.29 is 14.0 Å². The molecule has 100 valence electrons. The molecule has 1 N–H and O–H groups in total. The number of hydrogen-bond acceptors (Lipinski definition) is 2. The normalized spacial score (nSPS) is 20.4. The van der Waals surface area contributed by atoms with Crippen molar-refractivity contribution in [2.45, 2.75) is 32.6 Å². The molecule has 2 atom stereocenters. The average molecular weight is 268 g/mol. The van der Waals surface area contributed by atoms with E-state index in [4.69, 9.17) is 4.52 Å². The van der Waals surface area contributed by atoms with Gasteiger partial charge in [0.1, 0.15) is 0 Å². The van der Waals surface area contributed by atoms with Crippen molar-refractivity contribution in [2.24, 2.45) is 5.92 Å². The van der Waals surface area contributed by atoms with Gasteiger partial charge in [0.25, 0.3) is 0 Å². The molecule has 0 heterocycles. The summed E-state index contributed by atoms with van der Waals surface area (Å²) in [6.07, 6.45) is 2.56. The predicted octanol–water partition coefficient (Wildman–Crippen LogP) is 3.71. The molecule has 0 aromatic heterocycles. The van der Waals surface area contributed by atoms with E-state index in [0.29, 0.717) is 12.5 Å². The van der Waals surface area contributed by atoms with Gasteiger partial charge in [-0.05, 0) is 44.1 Å². The zero-order valence-corrected chi connectivity index (χ0v) is 11.9. The highest BCUT2D eigenvalue weighted by molar-refractivity contribution is 7.52. The first-order chi connectivity index (χ1) is 8.52. The van der Waals surface area contributed by atoms with Crippen LogP contribution in [0.1, 0.15) is 36.8 Å². The first-order valence-corrected chi connectivity index (χ1v) is 8.31. The van der Waals surface area contributed by atoms with Gasteiger partial charge in [0.15, 0.2) is 0 Å². The van der Waals surface area contributed by atoms with Gasteiger partial charge in [0, 0.05) is 0 Å². The second kappa shape index (κ2) is 5.56. The summed E-state index contributed by atoms with van der Waals surface area (Å²) in [5.41, 5.74) is 2.37. The predicted molar refractivity (Wildman–Crippen MR) is 73.0 cm³/mol. The second-order valence-corrected chi connectivity index (χ2v) is 6.99. The Labute approximate surface area is 109 Å². The number of benzene rings is 1. The number of hydrogen-bond donors (Lipinski definition) is 1. The van der Waals surface area contributed by atoms with Crippen LogP contribution in [-0.2, 0) is 9.09 Å².